The largest absolute Gasteiger partial charge is 0.435 e. The summed E-state index contributed by atoms with van der Waals surface area (Å²) in [6.45, 7) is -2.88. The van der Waals surface area contributed by atoms with Crippen LogP contribution in [0, 0.1) is 0 Å². The number of Topliss-reactive ketones (excluding diaryl/α,β-unsaturated/α-hetero) is 1. The number of fused-ring (bicyclic) bond motifs is 1. The minimum atomic E-state index is -2.88. The lowest BCUT2D eigenvalue weighted by Gasteiger charge is -2.21. The summed E-state index contributed by atoms with van der Waals surface area (Å²) in [5.74, 6) is -0.0763. The molecule has 1 aliphatic rings. The fourth-order valence-corrected chi connectivity index (χ4v) is 1.85. The van der Waals surface area contributed by atoms with E-state index in [9.17, 15) is 13.6 Å². The molecular weight excluding hydrogens is 252 g/mol. The Morgan fingerprint density at radius 3 is 2.76 bits per heavy atom. The van der Waals surface area contributed by atoms with Gasteiger partial charge in [0, 0.05) is 18.0 Å². The molecule has 1 atom stereocenters. The molecule has 0 radical (unpaired) electrons. The molecule has 0 saturated heterocycles. The van der Waals surface area contributed by atoms with Gasteiger partial charge >= 0.3 is 6.61 Å². The molecule has 2 N–H and O–H groups in total. The Labute approximate surface area is 103 Å². The smallest absolute Gasteiger partial charge is 0.387 e. The van der Waals surface area contributed by atoms with Crippen LogP contribution in [0.5, 0.6) is 5.75 Å². The summed E-state index contributed by atoms with van der Waals surface area (Å²) >= 11 is 0. The monoisotopic (exact) mass is 263 g/mol. The minimum Gasteiger partial charge on any atom is -0.435 e. The van der Waals surface area contributed by atoms with Crippen LogP contribution in [0.4, 0.5) is 8.78 Å². The second-order valence-electron chi connectivity index (χ2n) is 3.70. The van der Waals surface area contributed by atoms with Crippen LogP contribution in [0.2, 0.25) is 0 Å². The molecule has 3 nitrogen and oxygen atoms in total. The maximum absolute atomic E-state index is 12.0. The van der Waals surface area contributed by atoms with Crippen molar-refractivity contribution < 1.29 is 18.3 Å². The van der Waals surface area contributed by atoms with E-state index in [1.807, 2.05) is 0 Å². The van der Waals surface area contributed by atoms with Crippen LogP contribution in [-0.4, -0.2) is 12.4 Å². The zero-order valence-corrected chi connectivity index (χ0v) is 9.68. The Morgan fingerprint density at radius 1 is 1.41 bits per heavy atom. The number of nitrogens with two attached hydrogens (primary N) is 1. The van der Waals surface area contributed by atoms with Gasteiger partial charge in [0.05, 0.1) is 0 Å². The van der Waals surface area contributed by atoms with Crippen LogP contribution in [0.1, 0.15) is 34.8 Å². The zero-order chi connectivity index (χ0) is 11.7. The lowest BCUT2D eigenvalue weighted by Crippen LogP contribution is -2.21. The molecule has 0 fully saturated rings. The summed E-state index contributed by atoms with van der Waals surface area (Å²) in [5.41, 5.74) is 6.92. The maximum atomic E-state index is 12.0. The lowest BCUT2D eigenvalue weighted by atomic mass is 9.87. The number of halogens is 3. The summed E-state index contributed by atoms with van der Waals surface area (Å²) in [6.07, 6.45) is 0.952. The first-order valence-corrected chi connectivity index (χ1v) is 4.95. The molecule has 0 aliphatic heterocycles. The van der Waals surface area contributed by atoms with Crippen molar-refractivity contribution in [2.45, 2.75) is 25.5 Å². The van der Waals surface area contributed by atoms with Gasteiger partial charge in [0.2, 0.25) is 0 Å². The van der Waals surface area contributed by atoms with E-state index in [4.69, 9.17) is 5.73 Å². The number of ether oxygens (including phenoxy) is 1. The van der Waals surface area contributed by atoms with Crippen molar-refractivity contribution in [1.82, 2.24) is 0 Å². The third-order valence-electron chi connectivity index (χ3n) is 2.63. The fraction of sp³-hybridized carbons (Fsp3) is 0.364. The van der Waals surface area contributed by atoms with E-state index in [0.29, 0.717) is 24.0 Å². The van der Waals surface area contributed by atoms with Crippen LogP contribution >= 0.6 is 12.4 Å². The molecule has 1 aliphatic carbocycles. The van der Waals surface area contributed by atoms with E-state index in [1.54, 1.807) is 6.07 Å². The topological polar surface area (TPSA) is 52.3 Å². The number of carbonyl (C=O) groups is 1. The van der Waals surface area contributed by atoms with E-state index >= 15 is 0 Å². The zero-order valence-electron chi connectivity index (χ0n) is 8.86. The van der Waals surface area contributed by atoms with Crippen LogP contribution in [0.25, 0.3) is 0 Å². The second kappa shape index (κ2) is 5.42. The number of hydrogen-bond donors (Lipinski definition) is 1. The average molecular weight is 264 g/mol. The van der Waals surface area contributed by atoms with Gasteiger partial charge in [-0.1, -0.05) is 6.07 Å². The quantitative estimate of drug-likeness (QED) is 0.892. The molecular formula is C11H12ClF2NO2. The first-order valence-electron chi connectivity index (χ1n) is 4.95. The number of hydrogen-bond acceptors (Lipinski definition) is 3. The lowest BCUT2D eigenvalue weighted by molar-refractivity contribution is -0.0499. The van der Waals surface area contributed by atoms with E-state index < -0.39 is 6.61 Å². The molecule has 1 aromatic rings. The van der Waals surface area contributed by atoms with Gasteiger partial charge in [0.1, 0.15) is 5.75 Å². The van der Waals surface area contributed by atoms with Crippen molar-refractivity contribution in [2.75, 3.05) is 0 Å². The number of benzene rings is 1. The highest BCUT2D eigenvalue weighted by Crippen LogP contribution is 2.30. The van der Waals surface area contributed by atoms with Gasteiger partial charge < -0.3 is 10.5 Å². The van der Waals surface area contributed by atoms with Gasteiger partial charge in [0.25, 0.3) is 0 Å². The summed E-state index contributed by atoms with van der Waals surface area (Å²) in [5, 5.41) is 0. The molecule has 0 spiro atoms. The minimum absolute atomic E-state index is 0. The predicted octanol–water partition coefficient (Wildman–Crippen LogP) is 2.69. The molecule has 1 aromatic carbocycles. The van der Waals surface area contributed by atoms with Gasteiger partial charge in [-0.25, -0.2) is 0 Å². The molecule has 0 aromatic heterocycles. The Hall–Kier alpha value is -1.20. The van der Waals surface area contributed by atoms with Crippen molar-refractivity contribution in [1.29, 1.82) is 0 Å². The van der Waals surface area contributed by atoms with Gasteiger partial charge in [-0.15, -0.1) is 12.4 Å². The Bertz CT molecular complexity index is 426. The Balaban J connectivity index is 0.00000144. The van der Waals surface area contributed by atoms with Crippen LogP contribution in [0.3, 0.4) is 0 Å². The second-order valence-corrected chi connectivity index (χ2v) is 3.70. The van der Waals surface area contributed by atoms with E-state index in [2.05, 4.69) is 4.74 Å². The summed E-state index contributed by atoms with van der Waals surface area (Å²) in [7, 11) is 0. The van der Waals surface area contributed by atoms with Gasteiger partial charge in [-0.3, -0.25) is 4.79 Å². The highest BCUT2D eigenvalue weighted by atomic mass is 35.5. The number of alkyl halides is 2. The van der Waals surface area contributed by atoms with Gasteiger partial charge in [0.15, 0.2) is 5.78 Å². The molecule has 1 unspecified atom stereocenters. The van der Waals surface area contributed by atoms with Crippen molar-refractivity contribution in [3.63, 3.8) is 0 Å². The fourth-order valence-electron chi connectivity index (χ4n) is 1.85. The van der Waals surface area contributed by atoms with Crippen molar-refractivity contribution >= 4 is 18.2 Å². The van der Waals surface area contributed by atoms with Crippen molar-refractivity contribution in [3.05, 3.63) is 29.3 Å². The van der Waals surface area contributed by atoms with E-state index in [-0.39, 0.29) is 30.0 Å². The highest BCUT2D eigenvalue weighted by Gasteiger charge is 2.23. The average Bonchev–Trinajstić information content (AvgIpc) is 2.23. The number of carbonyl (C=O) groups excluding carboxylic acids is 1. The Morgan fingerprint density at radius 2 is 2.12 bits per heavy atom. The molecule has 17 heavy (non-hydrogen) atoms. The SMILES string of the molecule is Cl.NC1CCC(=O)c2cc(OC(F)F)ccc21. The van der Waals surface area contributed by atoms with Gasteiger partial charge in [-0.2, -0.15) is 8.78 Å². The molecule has 0 heterocycles. The van der Waals surface area contributed by atoms with E-state index in [0.717, 1.165) is 0 Å². The predicted molar refractivity (Wildman–Crippen MR) is 60.8 cm³/mol. The first-order chi connectivity index (χ1) is 7.58. The summed E-state index contributed by atoms with van der Waals surface area (Å²) in [4.78, 5) is 11.6. The molecule has 0 bridgehead atoms. The molecule has 0 amide bonds. The molecule has 0 saturated carbocycles. The maximum Gasteiger partial charge on any atom is 0.387 e. The Kier molecular flexibility index (Phi) is 4.42. The summed E-state index contributed by atoms with van der Waals surface area (Å²) < 4.78 is 28.2. The standard InChI is InChI=1S/C11H11F2NO2.ClH/c12-11(13)16-6-1-2-7-8(5-6)10(15)4-3-9(7)14;/h1-2,5,9,11H,3-4,14H2;1H. The first kappa shape index (κ1) is 13.9. The van der Waals surface area contributed by atoms with Crippen molar-refractivity contribution in [3.8, 4) is 5.75 Å². The molecule has 2 rings (SSSR count). The summed E-state index contributed by atoms with van der Waals surface area (Å²) in [6, 6.07) is 4.12. The van der Waals surface area contributed by atoms with E-state index in [1.165, 1.54) is 12.1 Å². The third-order valence-corrected chi connectivity index (χ3v) is 2.63. The third kappa shape index (κ3) is 2.92. The van der Waals surface area contributed by atoms with Crippen LogP contribution in [-0.2, 0) is 0 Å². The molecule has 94 valence electrons. The van der Waals surface area contributed by atoms with Crippen LogP contribution < -0.4 is 10.5 Å². The number of ketones is 1. The normalized spacial score (nSPS) is 18.6. The molecule has 6 heteroatoms. The van der Waals surface area contributed by atoms with Crippen molar-refractivity contribution in [2.24, 2.45) is 5.73 Å². The van der Waals surface area contributed by atoms with Crippen LogP contribution in [0.15, 0.2) is 18.2 Å². The highest BCUT2D eigenvalue weighted by molar-refractivity contribution is 5.99. The number of rotatable bonds is 2. The van der Waals surface area contributed by atoms with Gasteiger partial charge in [-0.05, 0) is 24.1 Å².